The summed E-state index contributed by atoms with van der Waals surface area (Å²) < 4.78 is 17.3. The zero-order valence-corrected chi connectivity index (χ0v) is 20.1. The van der Waals surface area contributed by atoms with Gasteiger partial charge in [-0.05, 0) is 42.7 Å². The molecule has 1 aliphatic carbocycles. The van der Waals surface area contributed by atoms with Crippen molar-refractivity contribution >= 4 is 23.4 Å². The number of rotatable bonds is 8. The van der Waals surface area contributed by atoms with Gasteiger partial charge in [-0.25, -0.2) is 0 Å². The molecule has 0 spiro atoms. The average molecular weight is 487 g/mol. The zero-order valence-electron chi connectivity index (χ0n) is 19.4. The number of benzene rings is 2. The Hall–Kier alpha value is -2.93. The molecular weight excluding hydrogens is 456 g/mol. The molecule has 7 nitrogen and oxygen atoms in total. The minimum atomic E-state index is -0.871. The van der Waals surface area contributed by atoms with Crippen LogP contribution in [0, 0.1) is 0 Å². The summed E-state index contributed by atoms with van der Waals surface area (Å²) in [5, 5.41) is 3.18. The van der Waals surface area contributed by atoms with Crippen LogP contribution in [0.25, 0.3) is 0 Å². The van der Waals surface area contributed by atoms with Crippen LogP contribution >= 0.6 is 11.6 Å². The predicted molar refractivity (Wildman–Crippen MR) is 130 cm³/mol. The normalized spacial score (nSPS) is 18.6. The molecule has 0 unspecified atom stereocenters. The van der Waals surface area contributed by atoms with Gasteiger partial charge in [-0.1, -0.05) is 43.5 Å². The van der Waals surface area contributed by atoms with E-state index in [0.29, 0.717) is 22.8 Å². The monoisotopic (exact) mass is 486 g/mol. The Morgan fingerprint density at radius 3 is 2.62 bits per heavy atom. The highest BCUT2D eigenvalue weighted by Crippen LogP contribution is 2.33. The maximum absolute atomic E-state index is 13.7. The smallest absolute Gasteiger partial charge is 0.247 e. The van der Waals surface area contributed by atoms with E-state index in [-0.39, 0.29) is 36.9 Å². The highest BCUT2D eigenvalue weighted by Gasteiger charge is 2.35. The summed E-state index contributed by atoms with van der Waals surface area (Å²) in [6, 6.07) is 13.9. The minimum Gasteiger partial charge on any atom is -0.497 e. The lowest BCUT2D eigenvalue weighted by atomic mass is 9.94. The molecule has 182 valence electrons. The molecule has 2 atom stereocenters. The largest absolute Gasteiger partial charge is 0.497 e. The van der Waals surface area contributed by atoms with Crippen LogP contribution in [0.5, 0.6) is 17.2 Å². The van der Waals surface area contributed by atoms with Gasteiger partial charge in [0.15, 0.2) is 17.6 Å². The second-order valence-corrected chi connectivity index (χ2v) is 8.97. The van der Waals surface area contributed by atoms with Gasteiger partial charge in [0.25, 0.3) is 0 Å². The van der Waals surface area contributed by atoms with Gasteiger partial charge in [0.1, 0.15) is 24.3 Å². The number of ether oxygens (including phenoxy) is 3. The molecule has 2 aromatic rings. The predicted octanol–water partition coefficient (Wildman–Crippen LogP) is 4.09. The lowest BCUT2D eigenvalue weighted by Gasteiger charge is -2.36. The molecule has 4 rings (SSSR count). The lowest BCUT2D eigenvalue weighted by Crippen LogP contribution is -2.51. The maximum Gasteiger partial charge on any atom is 0.247 e. The molecule has 0 aromatic heterocycles. The zero-order chi connectivity index (χ0) is 23.9. The third-order valence-corrected chi connectivity index (χ3v) is 6.55. The van der Waals surface area contributed by atoms with E-state index in [0.717, 1.165) is 25.7 Å². The van der Waals surface area contributed by atoms with E-state index < -0.39 is 12.1 Å². The van der Waals surface area contributed by atoms with Crippen molar-refractivity contribution in [2.24, 2.45) is 0 Å². The van der Waals surface area contributed by atoms with Gasteiger partial charge >= 0.3 is 0 Å². The third-order valence-electron chi connectivity index (χ3n) is 6.32. The van der Waals surface area contributed by atoms with Crippen LogP contribution in [0.4, 0.5) is 0 Å². The van der Waals surface area contributed by atoms with Crippen molar-refractivity contribution in [1.29, 1.82) is 0 Å². The first-order valence-corrected chi connectivity index (χ1v) is 12.3. The molecule has 1 fully saturated rings. The van der Waals surface area contributed by atoms with E-state index in [1.165, 1.54) is 11.3 Å². The van der Waals surface area contributed by atoms with Crippen LogP contribution in [0.2, 0.25) is 0 Å². The van der Waals surface area contributed by atoms with Crippen molar-refractivity contribution in [3.8, 4) is 17.2 Å². The summed E-state index contributed by atoms with van der Waals surface area (Å²) in [5.74, 6) is 1.06. The van der Waals surface area contributed by atoms with Gasteiger partial charge in [-0.2, -0.15) is 0 Å². The molecule has 0 radical (unpaired) electrons. The summed E-state index contributed by atoms with van der Waals surface area (Å²) in [7, 11) is 1.57. The molecule has 2 amide bonds. The summed E-state index contributed by atoms with van der Waals surface area (Å²) in [6.07, 6.45) is 4.80. The van der Waals surface area contributed by atoms with E-state index in [1.54, 1.807) is 13.2 Å². The molecular formula is C26H31ClN2O5. The van der Waals surface area contributed by atoms with Crippen LogP contribution in [0.1, 0.15) is 43.7 Å². The SMILES string of the molecule is COc1cccc([C@@H](C(=O)NC2CCCCC2)N(C[C@H]2COc3ccccc3O2)C(=O)CCl)c1. The summed E-state index contributed by atoms with van der Waals surface area (Å²) in [4.78, 5) is 28.2. The average Bonchev–Trinajstić information content (AvgIpc) is 2.88. The standard InChI is InChI=1S/C26H31ClN2O5/c1-32-20-11-7-8-18(14-20)25(26(31)28-19-9-3-2-4-10-19)29(24(30)15-27)16-21-17-33-22-12-5-6-13-23(22)34-21/h5-8,11-14,19,21,25H,2-4,9-10,15-17H2,1H3,(H,28,31)/t21-,25-/m0/s1. The molecule has 1 N–H and O–H groups in total. The molecule has 8 heteroatoms. The summed E-state index contributed by atoms with van der Waals surface area (Å²) >= 11 is 6.01. The molecule has 1 heterocycles. The first-order valence-electron chi connectivity index (χ1n) is 11.8. The maximum atomic E-state index is 13.7. The number of carbonyl (C=O) groups is 2. The van der Waals surface area contributed by atoms with Crippen LogP contribution in [0.15, 0.2) is 48.5 Å². The van der Waals surface area contributed by atoms with Gasteiger partial charge in [-0.15, -0.1) is 11.6 Å². The number of hydrogen-bond donors (Lipinski definition) is 1. The first kappa shape index (κ1) is 24.2. The van der Waals surface area contributed by atoms with Gasteiger partial charge in [0.2, 0.25) is 11.8 Å². The Morgan fingerprint density at radius 1 is 1.12 bits per heavy atom. The third kappa shape index (κ3) is 5.76. The molecule has 0 saturated heterocycles. The van der Waals surface area contributed by atoms with E-state index in [4.69, 9.17) is 25.8 Å². The Balaban J connectivity index is 1.62. The summed E-state index contributed by atoms with van der Waals surface area (Å²) in [5.41, 5.74) is 0.656. The number of carbonyl (C=O) groups excluding carboxylic acids is 2. The summed E-state index contributed by atoms with van der Waals surface area (Å²) in [6.45, 7) is 0.415. The van der Waals surface area contributed by atoms with Crippen LogP contribution in [-0.4, -0.2) is 55.0 Å². The molecule has 34 heavy (non-hydrogen) atoms. The number of fused-ring (bicyclic) bond motifs is 1. The number of amides is 2. The molecule has 0 bridgehead atoms. The minimum absolute atomic E-state index is 0.100. The lowest BCUT2D eigenvalue weighted by molar-refractivity contribution is -0.141. The highest BCUT2D eigenvalue weighted by molar-refractivity contribution is 6.27. The van der Waals surface area contributed by atoms with E-state index in [9.17, 15) is 9.59 Å². The topological polar surface area (TPSA) is 77.1 Å². The number of nitrogens with one attached hydrogen (secondary N) is 1. The van der Waals surface area contributed by atoms with Crippen molar-refractivity contribution in [2.75, 3.05) is 26.1 Å². The van der Waals surface area contributed by atoms with Crippen molar-refractivity contribution in [2.45, 2.75) is 50.3 Å². The Morgan fingerprint density at radius 2 is 1.88 bits per heavy atom. The Labute approximate surface area is 205 Å². The molecule has 2 aliphatic rings. The quantitative estimate of drug-likeness (QED) is 0.569. The van der Waals surface area contributed by atoms with E-state index in [2.05, 4.69) is 5.32 Å². The van der Waals surface area contributed by atoms with Gasteiger partial charge in [0, 0.05) is 6.04 Å². The van der Waals surface area contributed by atoms with Crippen LogP contribution < -0.4 is 19.5 Å². The number of methoxy groups -OCH3 is 1. The Bertz CT molecular complexity index is 995. The van der Waals surface area contributed by atoms with Gasteiger partial charge in [0.05, 0.1) is 13.7 Å². The Kier molecular flexibility index (Phi) is 8.16. The highest BCUT2D eigenvalue weighted by atomic mass is 35.5. The number of halogens is 1. The second kappa shape index (κ2) is 11.5. The molecule has 2 aromatic carbocycles. The van der Waals surface area contributed by atoms with Crippen molar-refractivity contribution < 1.29 is 23.8 Å². The number of nitrogens with zero attached hydrogens (tertiary/aromatic N) is 1. The number of alkyl halides is 1. The van der Waals surface area contributed by atoms with Gasteiger partial charge in [-0.3, -0.25) is 9.59 Å². The van der Waals surface area contributed by atoms with Crippen molar-refractivity contribution in [3.63, 3.8) is 0 Å². The second-order valence-electron chi connectivity index (χ2n) is 8.70. The van der Waals surface area contributed by atoms with Crippen LogP contribution in [0.3, 0.4) is 0 Å². The fourth-order valence-electron chi connectivity index (χ4n) is 4.61. The fraction of sp³-hybridized carbons (Fsp3) is 0.462. The fourth-order valence-corrected chi connectivity index (χ4v) is 4.77. The van der Waals surface area contributed by atoms with Crippen LogP contribution in [-0.2, 0) is 9.59 Å². The molecule has 1 saturated carbocycles. The van der Waals surface area contributed by atoms with E-state index in [1.807, 2.05) is 42.5 Å². The van der Waals surface area contributed by atoms with Gasteiger partial charge < -0.3 is 24.4 Å². The van der Waals surface area contributed by atoms with Crippen molar-refractivity contribution in [3.05, 3.63) is 54.1 Å². The number of para-hydroxylation sites is 2. The van der Waals surface area contributed by atoms with Crippen molar-refractivity contribution in [1.82, 2.24) is 10.2 Å². The number of hydrogen-bond acceptors (Lipinski definition) is 5. The van der Waals surface area contributed by atoms with E-state index >= 15 is 0 Å². The first-order chi connectivity index (χ1) is 16.6. The molecule has 1 aliphatic heterocycles.